The highest BCUT2D eigenvalue weighted by Crippen LogP contribution is 2.37. The molecule has 0 aliphatic heterocycles. The van der Waals surface area contributed by atoms with Gasteiger partial charge in [0.05, 0.1) is 5.69 Å². The van der Waals surface area contributed by atoms with E-state index in [0.29, 0.717) is 11.6 Å². The molecule has 0 spiro atoms. The zero-order valence-electron chi connectivity index (χ0n) is 9.85. The van der Waals surface area contributed by atoms with Crippen molar-refractivity contribution in [1.82, 2.24) is 15.0 Å². The number of unbranched alkanes of at least 4 members (excludes halogenated alkanes) is 2. The van der Waals surface area contributed by atoms with Crippen LogP contribution in [0.3, 0.4) is 0 Å². The quantitative estimate of drug-likeness (QED) is 0.548. The second kappa shape index (κ2) is 5.23. The summed E-state index contributed by atoms with van der Waals surface area (Å²) in [5, 5.41) is 8.06. The molecule has 16 heavy (non-hydrogen) atoms. The van der Waals surface area contributed by atoms with E-state index in [0.717, 1.165) is 24.9 Å². The molecular weight excluding hydrogens is 202 g/mol. The Morgan fingerprint density at radius 1 is 1.44 bits per heavy atom. The van der Waals surface area contributed by atoms with Crippen LogP contribution >= 0.6 is 0 Å². The highest BCUT2D eigenvalue weighted by molar-refractivity contribution is 5.73. The minimum atomic E-state index is 0.525. The lowest BCUT2D eigenvalue weighted by molar-refractivity contribution is 0.111. The molecule has 1 aliphatic rings. The van der Waals surface area contributed by atoms with Crippen LogP contribution in [-0.4, -0.2) is 21.3 Å². The van der Waals surface area contributed by atoms with Crippen LogP contribution in [0.25, 0.3) is 0 Å². The minimum Gasteiger partial charge on any atom is -0.296 e. The van der Waals surface area contributed by atoms with Gasteiger partial charge in [-0.25, -0.2) is 4.68 Å². The van der Waals surface area contributed by atoms with Crippen molar-refractivity contribution in [2.75, 3.05) is 0 Å². The van der Waals surface area contributed by atoms with E-state index in [1.54, 1.807) is 0 Å². The zero-order chi connectivity index (χ0) is 11.4. The Kier molecular flexibility index (Phi) is 3.70. The first-order valence-electron chi connectivity index (χ1n) is 6.25. The molecule has 1 aromatic heterocycles. The fourth-order valence-electron chi connectivity index (χ4n) is 2.20. The maximum Gasteiger partial charge on any atom is 0.172 e. The monoisotopic (exact) mass is 221 g/mol. The SMILES string of the molecule is CCCCCn1nnc(C=O)c1C1CCC1. The molecule has 0 amide bonds. The van der Waals surface area contributed by atoms with Crippen molar-refractivity contribution in [2.45, 2.75) is 57.9 Å². The highest BCUT2D eigenvalue weighted by atomic mass is 16.1. The maximum absolute atomic E-state index is 10.9. The molecular formula is C12H19N3O. The first-order chi connectivity index (χ1) is 7.86. The molecule has 0 unspecified atom stereocenters. The van der Waals surface area contributed by atoms with Crippen LogP contribution in [0.5, 0.6) is 0 Å². The third kappa shape index (κ3) is 2.15. The van der Waals surface area contributed by atoms with Gasteiger partial charge in [0, 0.05) is 12.5 Å². The van der Waals surface area contributed by atoms with Gasteiger partial charge in [0.15, 0.2) is 6.29 Å². The maximum atomic E-state index is 10.9. The van der Waals surface area contributed by atoms with E-state index in [1.807, 2.05) is 4.68 Å². The lowest BCUT2D eigenvalue weighted by atomic mass is 9.82. The Hall–Kier alpha value is -1.19. The molecule has 0 aromatic carbocycles. The van der Waals surface area contributed by atoms with Crippen LogP contribution in [0.1, 0.15) is 67.5 Å². The van der Waals surface area contributed by atoms with E-state index >= 15 is 0 Å². The van der Waals surface area contributed by atoms with Crippen molar-refractivity contribution < 1.29 is 4.79 Å². The van der Waals surface area contributed by atoms with Gasteiger partial charge in [-0.3, -0.25) is 4.79 Å². The normalized spacial score (nSPS) is 16.1. The smallest absolute Gasteiger partial charge is 0.172 e. The van der Waals surface area contributed by atoms with E-state index in [9.17, 15) is 4.79 Å². The van der Waals surface area contributed by atoms with Gasteiger partial charge in [-0.05, 0) is 19.3 Å². The van der Waals surface area contributed by atoms with Gasteiger partial charge in [0.25, 0.3) is 0 Å². The van der Waals surface area contributed by atoms with Crippen LogP contribution < -0.4 is 0 Å². The number of aryl methyl sites for hydroxylation is 1. The van der Waals surface area contributed by atoms with Crippen molar-refractivity contribution >= 4 is 6.29 Å². The number of hydrogen-bond donors (Lipinski definition) is 0. The lowest BCUT2D eigenvalue weighted by Crippen LogP contribution is -2.17. The fraction of sp³-hybridized carbons (Fsp3) is 0.750. The topological polar surface area (TPSA) is 47.8 Å². The Morgan fingerprint density at radius 3 is 2.81 bits per heavy atom. The van der Waals surface area contributed by atoms with Gasteiger partial charge in [-0.15, -0.1) is 5.10 Å². The van der Waals surface area contributed by atoms with Crippen molar-refractivity contribution in [3.05, 3.63) is 11.4 Å². The van der Waals surface area contributed by atoms with Gasteiger partial charge >= 0.3 is 0 Å². The number of nitrogens with zero attached hydrogens (tertiary/aromatic N) is 3. The molecule has 4 heteroatoms. The summed E-state index contributed by atoms with van der Waals surface area (Å²) in [4.78, 5) is 10.9. The summed E-state index contributed by atoms with van der Waals surface area (Å²) in [7, 11) is 0. The molecule has 0 bridgehead atoms. The van der Waals surface area contributed by atoms with Crippen LogP contribution in [0, 0.1) is 0 Å². The Labute approximate surface area is 96.0 Å². The van der Waals surface area contributed by atoms with E-state index in [-0.39, 0.29) is 0 Å². The van der Waals surface area contributed by atoms with E-state index in [2.05, 4.69) is 17.2 Å². The Bertz CT molecular complexity index is 355. The summed E-state index contributed by atoms with van der Waals surface area (Å²) >= 11 is 0. The summed E-state index contributed by atoms with van der Waals surface area (Å²) in [6, 6.07) is 0. The molecule has 1 fully saturated rings. The van der Waals surface area contributed by atoms with Crippen molar-refractivity contribution in [1.29, 1.82) is 0 Å². The number of carbonyl (C=O) groups excluding carboxylic acids is 1. The van der Waals surface area contributed by atoms with Crippen LogP contribution in [0.4, 0.5) is 0 Å². The van der Waals surface area contributed by atoms with Crippen molar-refractivity contribution in [3.8, 4) is 0 Å². The largest absolute Gasteiger partial charge is 0.296 e. The molecule has 1 aromatic rings. The first kappa shape index (κ1) is 11.3. The summed E-state index contributed by atoms with van der Waals surface area (Å²) in [6.45, 7) is 3.09. The van der Waals surface area contributed by atoms with Gasteiger partial charge < -0.3 is 0 Å². The second-order valence-corrected chi connectivity index (χ2v) is 4.54. The number of rotatable bonds is 6. The average Bonchev–Trinajstić information content (AvgIpc) is 2.60. The molecule has 0 saturated heterocycles. The average molecular weight is 221 g/mol. The Morgan fingerprint density at radius 2 is 2.25 bits per heavy atom. The highest BCUT2D eigenvalue weighted by Gasteiger charge is 2.27. The van der Waals surface area contributed by atoms with E-state index in [4.69, 9.17) is 0 Å². The fourth-order valence-corrected chi connectivity index (χ4v) is 2.20. The summed E-state index contributed by atoms with van der Waals surface area (Å²) in [5.41, 5.74) is 1.64. The number of carbonyl (C=O) groups is 1. The third-order valence-electron chi connectivity index (χ3n) is 3.38. The van der Waals surface area contributed by atoms with E-state index < -0.39 is 0 Å². The third-order valence-corrected chi connectivity index (χ3v) is 3.38. The van der Waals surface area contributed by atoms with Gasteiger partial charge in [0.2, 0.25) is 0 Å². The number of hydrogen-bond acceptors (Lipinski definition) is 3. The summed E-state index contributed by atoms with van der Waals surface area (Å²) in [6.07, 6.45) is 8.01. The Balaban J connectivity index is 2.10. The molecule has 1 saturated carbocycles. The molecule has 1 heterocycles. The lowest BCUT2D eigenvalue weighted by Gasteiger charge is -2.26. The minimum absolute atomic E-state index is 0.525. The van der Waals surface area contributed by atoms with Crippen molar-refractivity contribution in [2.24, 2.45) is 0 Å². The van der Waals surface area contributed by atoms with Gasteiger partial charge in [0.1, 0.15) is 5.69 Å². The van der Waals surface area contributed by atoms with Gasteiger partial charge in [-0.1, -0.05) is 31.4 Å². The molecule has 0 radical (unpaired) electrons. The molecule has 88 valence electrons. The summed E-state index contributed by atoms with van der Waals surface area (Å²) < 4.78 is 1.95. The molecule has 2 rings (SSSR count). The predicted molar refractivity (Wildman–Crippen MR) is 61.5 cm³/mol. The molecule has 1 aliphatic carbocycles. The number of aromatic nitrogens is 3. The van der Waals surface area contributed by atoms with Crippen LogP contribution in [0.15, 0.2) is 0 Å². The number of aldehydes is 1. The second-order valence-electron chi connectivity index (χ2n) is 4.54. The van der Waals surface area contributed by atoms with Crippen LogP contribution in [0.2, 0.25) is 0 Å². The van der Waals surface area contributed by atoms with Crippen LogP contribution in [-0.2, 0) is 6.54 Å². The van der Waals surface area contributed by atoms with Crippen molar-refractivity contribution in [3.63, 3.8) is 0 Å². The predicted octanol–water partition coefficient (Wildman–Crippen LogP) is 2.55. The molecule has 0 N–H and O–H groups in total. The van der Waals surface area contributed by atoms with E-state index in [1.165, 1.54) is 32.1 Å². The molecule has 4 nitrogen and oxygen atoms in total. The van der Waals surface area contributed by atoms with Gasteiger partial charge in [-0.2, -0.15) is 0 Å². The first-order valence-corrected chi connectivity index (χ1v) is 6.25. The zero-order valence-corrected chi connectivity index (χ0v) is 9.85. The summed E-state index contributed by atoms with van der Waals surface area (Å²) in [5.74, 6) is 0.525. The standard InChI is InChI=1S/C12H19N3O/c1-2-3-4-8-15-12(10-6-5-7-10)11(9-16)13-14-15/h9-10H,2-8H2,1H3. The molecule has 0 atom stereocenters.